The molecule has 0 aliphatic heterocycles. The van der Waals surface area contributed by atoms with Gasteiger partial charge in [0.05, 0.1) is 18.3 Å². The van der Waals surface area contributed by atoms with Gasteiger partial charge in [-0.25, -0.2) is 0 Å². The van der Waals surface area contributed by atoms with Crippen LogP contribution in [0.15, 0.2) is 0 Å². The first-order chi connectivity index (χ1) is 18.6. The van der Waals surface area contributed by atoms with E-state index in [2.05, 4.69) is 6.82 Å². The fraction of sp³-hybridized carbons (Fsp3) is 1.00. The van der Waals surface area contributed by atoms with Gasteiger partial charge >= 0.3 is 0 Å². The Bertz CT molecular complexity index is 675. The fourth-order valence-corrected chi connectivity index (χ4v) is 13.5. The van der Waals surface area contributed by atoms with E-state index >= 15 is 0 Å². The van der Waals surface area contributed by atoms with E-state index in [1.54, 1.807) is 0 Å². The highest BCUT2D eigenvalue weighted by Gasteiger charge is 2.55. The lowest BCUT2D eigenvalue weighted by atomic mass is 9.04. The normalized spacial score (nSPS) is 49.3. The second kappa shape index (κ2) is 12.0. The number of hydrogen-bond donors (Lipinski definition) is 0. The first kappa shape index (κ1) is 28.1. The van der Waals surface area contributed by atoms with Crippen LogP contribution in [0.5, 0.6) is 0 Å². The van der Waals surface area contributed by atoms with Gasteiger partial charge in [0.25, 0.3) is 0 Å². The Kier molecular flexibility index (Phi) is 8.90. The predicted octanol–water partition coefficient (Wildman–Crippen LogP) is 9.02. The number of hydrogen-bond acceptors (Lipinski definition) is 3. The minimum absolute atomic E-state index is 0.499. The van der Waals surface area contributed by atoms with Gasteiger partial charge < -0.3 is 14.2 Å². The van der Waals surface area contributed by atoms with E-state index in [-0.39, 0.29) is 0 Å². The Morgan fingerprint density at radius 1 is 0.368 bits per heavy atom. The molecule has 6 rings (SSSR count). The van der Waals surface area contributed by atoms with Crippen molar-refractivity contribution in [3.63, 3.8) is 0 Å². The highest BCUT2D eigenvalue weighted by atomic mass is 16.5. The van der Waals surface area contributed by atoms with E-state index in [9.17, 15) is 0 Å². The molecule has 38 heavy (non-hydrogen) atoms. The van der Waals surface area contributed by atoms with Gasteiger partial charge in [0, 0.05) is 27.5 Å². The SMILES string of the molecule is COC1CCCC2C1CCCC2[B-](C)(C1CCCC2C(OC)CCCC21)C1CCCC2C(OC)CCCC21. The van der Waals surface area contributed by atoms with Crippen molar-refractivity contribution < 1.29 is 14.2 Å². The van der Waals surface area contributed by atoms with Crippen LogP contribution in [0.4, 0.5) is 0 Å². The van der Waals surface area contributed by atoms with Crippen LogP contribution in [0.1, 0.15) is 116 Å². The van der Waals surface area contributed by atoms with Crippen LogP contribution in [0.25, 0.3) is 0 Å². The van der Waals surface area contributed by atoms with E-state index in [0.29, 0.717) is 18.3 Å². The summed E-state index contributed by atoms with van der Waals surface area (Å²) in [5, 5.41) is 0. The molecular weight excluding hydrogens is 467 g/mol. The molecule has 0 heterocycles. The van der Waals surface area contributed by atoms with Crippen molar-refractivity contribution in [1.82, 2.24) is 0 Å². The van der Waals surface area contributed by atoms with Crippen LogP contribution in [-0.4, -0.2) is 45.8 Å². The molecule has 0 radical (unpaired) electrons. The highest BCUT2D eigenvalue weighted by Crippen LogP contribution is 2.66. The summed E-state index contributed by atoms with van der Waals surface area (Å²) in [4.78, 5) is 0. The summed E-state index contributed by atoms with van der Waals surface area (Å²) in [7, 11) is 6.04. The smallest absolute Gasteiger partial charge is 0.0601 e. The standard InChI is InChI=1S/C34H60BO3/c1-35(29-17-5-14-26-23(29)11-8-20-32(26)36-2,30-18-6-15-27-24(30)12-9-21-33(27)37-3)31-19-7-16-28-25(31)13-10-22-34(28)38-4/h23-34H,5-22H2,1-4H3/q-1. The molecule has 6 aliphatic rings. The zero-order valence-electron chi connectivity index (χ0n) is 25.5. The van der Waals surface area contributed by atoms with Gasteiger partial charge in [-0.2, -0.15) is 24.3 Å². The molecule has 0 aromatic carbocycles. The second-order valence-corrected chi connectivity index (χ2v) is 15.5. The van der Waals surface area contributed by atoms with Gasteiger partial charge in [-0.05, 0) is 56.3 Å². The number of fused-ring (bicyclic) bond motifs is 3. The lowest BCUT2D eigenvalue weighted by Gasteiger charge is -2.68. The molecule has 0 N–H and O–H groups in total. The third-order valence-corrected chi connectivity index (χ3v) is 14.7. The third-order valence-electron chi connectivity index (χ3n) is 14.7. The fourth-order valence-electron chi connectivity index (χ4n) is 13.5. The summed E-state index contributed by atoms with van der Waals surface area (Å²) >= 11 is 0. The maximum absolute atomic E-state index is 6.22. The monoisotopic (exact) mass is 527 g/mol. The van der Waals surface area contributed by atoms with Gasteiger partial charge in [0.1, 0.15) is 0 Å². The molecule has 0 bridgehead atoms. The first-order valence-corrected chi connectivity index (χ1v) is 17.4. The molecule has 12 unspecified atom stereocenters. The van der Waals surface area contributed by atoms with E-state index in [1.165, 1.54) is 116 Å². The van der Waals surface area contributed by atoms with Crippen molar-refractivity contribution in [3.05, 3.63) is 0 Å². The maximum atomic E-state index is 6.22. The van der Waals surface area contributed by atoms with Crippen molar-refractivity contribution in [2.45, 2.75) is 158 Å². The van der Waals surface area contributed by atoms with Gasteiger partial charge in [0.15, 0.2) is 0 Å². The van der Waals surface area contributed by atoms with Crippen molar-refractivity contribution in [1.29, 1.82) is 0 Å². The maximum Gasteiger partial charge on any atom is 0.0601 e. The minimum atomic E-state index is -0.499. The van der Waals surface area contributed by atoms with Crippen molar-refractivity contribution in [2.75, 3.05) is 21.3 Å². The Balaban J connectivity index is 1.40. The summed E-state index contributed by atoms with van der Waals surface area (Å²) in [6.45, 7) is 2.97. The molecule has 0 amide bonds. The van der Waals surface area contributed by atoms with E-state index < -0.39 is 6.15 Å². The summed E-state index contributed by atoms with van der Waals surface area (Å²) in [6.07, 6.45) is 26.8. The average Bonchev–Trinajstić information content (AvgIpc) is 2.98. The van der Waals surface area contributed by atoms with E-state index in [4.69, 9.17) is 14.2 Å². The summed E-state index contributed by atoms with van der Waals surface area (Å²) in [5.41, 5.74) is 0. The molecule has 0 saturated heterocycles. The van der Waals surface area contributed by atoms with Crippen molar-refractivity contribution >= 4 is 6.15 Å². The zero-order valence-corrected chi connectivity index (χ0v) is 25.5. The van der Waals surface area contributed by atoms with Gasteiger partial charge in [-0.1, -0.05) is 94.8 Å². The summed E-state index contributed by atoms with van der Waals surface area (Å²) in [6, 6.07) is 0. The van der Waals surface area contributed by atoms with Crippen LogP contribution >= 0.6 is 0 Å². The molecule has 6 aliphatic carbocycles. The summed E-state index contributed by atoms with van der Waals surface area (Å²) in [5.74, 6) is 8.06. The minimum Gasteiger partial charge on any atom is -0.381 e. The molecule has 6 fully saturated rings. The molecule has 6 saturated carbocycles. The largest absolute Gasteiger partial charge is 0.381 e. The Labute approximate surface area is 235 Å². The predicted molar refractivity (Wildman–Crippen MR) is 159 cm³/mol. The lowest BCUT2D eigenvalue weighted by Crippen LogP contribution is -2.60. The van der Waals surface area contributed by atoms with Crippen LogP contribution in [0.3, 0.4) is 0 Å². The zero-order chi connectivity index (χ0) is 26.3. The van der Waals surface area contributed by atoms with Crippen LogP contribution in [-0.2, 0) is 14.2 Å². The number of rotatable bonds is 6. The molecule has 4 heteroatoms. The molecule has 0 aromatic heterocycles. The quantitative estimate of drug-likeness (QED) is 0.323. The molecule has 0 aromatic rings. The van der Waals surface area contributed by atoms with Crippen molar-refractivity contribution in [2.24, 2.45) is 35.5 Å². The summed E-state index contributed by atoms with van der Waals surface area (Å²) < 4.78 is 18.6. The van der Waals surface area contributed by atoms with Gasteiger partial charge in [-0.3, -0.25) is 0 Å². The van der Waals surface area contributed by atoms with Crippen LogP contribution < -0.4 is 0 Å². The first-order valence-electron chi connectivity index (χ1n) is 17.4. The number of methoxy groups -OCH3 is 3. The van der Waals surface area contributed by atoms with Gasteiger partial charge in [0.2, 0.25) is 0 Å². The molecular formula is C34H60BO3-. The van der Waals surface area contributed by atoms with Gasteiger partial charge in [-0.15, -0.1) is 0 Å². The lowest BCUT2D eigenvalue weighted by molar-refractivity contribution is -0.0329. The highest BCUT2D eigenvalue weighted by molar-refractivity contribution is 6.83. The topological polar surface area (TPSA) is 27.7 Å². The Morgan fingerprint density at radius 2 is 0.632 bits per heavy atom. The molecule has 218 valence electrons. The third kappa shape index (κ3) is 4.77. The molecule has 12 atom stereocenters. The van der Waals surface area contributed by atoms with Crippen molar-refractivity contribution in [3.8, 4) is 0 Å². The second-order valence-electron chi connectivity index (χ2n) is 15.5. The van der Waals surface area contributed by atoms with Crippen LogP contribution in [0, 0.1) is 35.5 Å². The number of ether oxygens (including phenoxy) is 3. The molecule has 3 nitrogen and oxygen atoms in total. The Morgan fingerprint density at radius 3 is 0.921 bits per heavy atom. The van der Waals surface area contributed by atoms with Crippen LogP contribution in [0.2, 0.25) is 24.3 Å². The molecule has 0 spiro atoms. The van der Waals surface area contributed by atoms with E-state index in [0.717, 1.165) is 53.0 Å². The Hall–Kier alpha value is -0.0551. The van der Waals surface area contributed by atoms with E-state index in [1.807, 2.05) is 21.3 Å². The average molecular weight is 528 g/mol.